The monoisotopic (exact) mass is 273 g/mol. The molecule has 1 rings (SSSR count). The van der Waals surface area contributed by atoms with Gasteiger partial charge in [0.15, 0.2) is 5.78 Å². The predicted molar refractivity (Wildman–Crippen MR) is 69.4 cm³/mol. The van der Waals surface area contributed by atoms with Crippen molar-refractivity contribution in [2.75, 3.05) is 31.2 Å². The third-order valence-corrected chi connectivity index (χ3v) is 3.57. The maximum Gasteiger partial charge on any atom is 0.313 e. The zero-order valence-electron chi connectivity index (χ0n) is 10.6. The van der Waals surface area contributed by atoms with Crippen LogP contribution in [0.3, 0.4) is 0 Å². The first-order valence-corrected chi connectivity index (χ1v) is 7.31. The van der Waals surface area contributed by atoms with Crippen LogP contribution in [-0.4, -0.2) is 53.8 Å². The van der Waals surface area contributed by atoms with E-state index in [1.807, 2.05) is 4.90 Å². The van der Waals surface area contributed by atoms with Gasteiger partial charge in [-0.2, -0.15) is 0 Å². The Kier molecular flexibility index (Phi) is 6.78. The van der Waals surface area contributed by atoms with Crippen molar-refractivity contribution in [2.24, 2.45) is 0 Å². The highest BCUT2D eigenvalue weighted by Crippen LogP contribution is 2.11. The standard InChI is InChI=1S/C12H19NO4S/c1-2-17-12(16)7-10(14)8-18-9-11(15)13-5-3-4-6-13/h2-9H2,1H3. The summed E-state index contributed by atoms with van der Waals surface area (Å²) in [7, 11) is 0. The van der Waals surface area contributed by atoms with Crippen LogP contribution < -0.4 is 0 Å². The molecule has 0 bridgehead atoms. The average molecular weight is 273 g/mol. The summed E-state index contributed by atoms with van der Waals surface area (Å²) >= 11 is 1.27. The average Bonchev–Trinajstić information content (AvgIpc) is 2.82. The summed E-state index contributed by atoms with van der Waals surface area (Å²) in [5, 5.41) is 0. The number of ketones is 1. The fraction of sp³-hybridized carbons (Fsp3) is 0.750. The molecule has 1 fully saturated rings. The lowest BCUT2D eigenvalue weighted by Crippen LogP contribution is -2.29. The number of Topliss-reactive ketones (excluding diaryl/α,β-unsaturated/α-hetero) is 1. The molecule has 1 amide bonds. The predicted octanol–water partition coefficient (Wildman–Crippen LogP) is 0.864. The van der Waals surface area contributed by atoms with E-state index in [-0.39, 0.29) is 30.5 Å². The number of carbonyl (C=O) groups excluding carboxylic acids is 3. The van der Waals surface area contributed by atoms with Crippen molar-refractivity contribution in [1.82, 2.24) is 4.90 Å². The van der Waals surface area contributed by atoms with Gasteiger partial charge in [0, 0.05) is 13.1 Å². The molecule has 1 aliphatic rings. The molecule has 0 aromatic carbocycles. The van der Waals surface area contributed by atoms with E-state index in [1.54, 1.807) is 6.92 Å². The van der Waals surface area contributed by atoms with Crippen LogP contribution in [0.2, 0.25) is 0 Å². The van der Waals surface area contributed by atoms with Gasteiger partial charge in [-0.05, 0) is 19.8 Å². The van der Waals surface area contributed by atoms with Gasteiger partial charge in [0.1, 0.15) is 6.42 Å². The van der Waals surface area contributed by atoms with Crippen molar-refractivity contribution < 1.29 is 19.1 Å². The molecule has 0 unspecified atom stereocenters. The van der Waals surface area contributed by atoms with E-state index in [4.69, 9.17) is 0 Å². The minimum atomic E-state index is -0.492. The van der Waals surface area contributed by atoms with Crippen molar-refractivity contribution in [3.8, 4) is 0 Å². The van der Waals surface area contributed by atoms with Gasteiger partial charge in [0.2, 0.25) is 5.91 Å². The number of amides is 1. The number of hydrogen-bond donors (Lipinski definition) is 0. The van der Waals surface area contributed by atoms with Crippen LogP contribution in [0.1, 0.15) is 26.2 Å². The van der Waals surface area contributed by atoms with E-state index in [9.17, 15) is 14.4 Å². The number of nitrogens with zero attached hydrogens (tertiary/aromatic N) is 1. The Balaban J connectivity index is 2.11. The quantitative estimate of drug-likeness (QED) is 0.508. The number of esters is 1. The molecule has 0 N–H and O–H groups in total. The normalized spacial score (nSPS) is 14.6. The second-order valence-corrected chi connectivity index (χ2v) is 5.09. The molecule has 6 heteroatoms. The van der Waals surface area contributed by atoms with Gasteiger partial charge in [-0.25, -0.2) is 0 Å². The summed E-state index contributed by atoms with van der Waals surface area (Å²) in [6.07, 6.45) is 1.94. The highest BCUT2D eigenvalue weighted by molar-refractivity contribution is 8.00. The summed E-state index contributed by atoms with van der Waals surface area (Å²) in [5.41, 5.74) is 0. The Bertz CT molecular complexity index is 313. The highest BCUT2D eigenvalue weighted by Gasteiger charge is 2.18. The fourth-order valence-electron chi connectivity index (χ4n) is 1.73. The number of rotatable bonds is 7. The van der Waals surface area contributed by atoms with Gasteiger partial charge in [-0.3, -0.25) is 14.4 Å². The van der Waals surface area contributed by atoms with Crippen LogP contribution >= 0.6 is 11.8 Å². The second-order valence-electron chi connectivity index (χ2n) is 4.10. The Morgan fingerprint density at radius 3 is 2.44 bits per heavy atom. The van der Waals surface area contributed by atoms with Crippen LogP contribution in [0, 0.1) is 0 Å². The molecule has 0 radical (unpaired) electrons. The van der Waals surface area contributed by atoms with Crippen LogP contribution in [-0.2, 0) is 19.1 Å². The van der Waals surface area contributed by atoms with Crippen molar-refractivity contribution in [1.29, 1.82) is 0 Å². The van der Waals surface area contributed by atoms with Crippen LogP contribution in [0.5, 0.6) is 0 Å². The molecular formula is C12H19NO4S. The van der Waals surface area contributed by atoms with E-state index in [0.29, 0.717) is 5.75 Å². The third-order valence-electron chi connectivity index (χ3n) is 2.59. The third kappa shape index (κ3) is 5.53. The molecule has 0 aromatic rings. The highest BCUT2D eigenvalue weighted by atomic mass is 32.2. The number of ether oxygens (including phenoxy) is 1. The van der Waals surface area contributed by atoms with Crippen molar-refractivity contribution in [3.05, 3.63) is 0 Å². The minimum absolute atomic E-state index is 0.0847. The molecule has 0 spiro atoms. The number of hydrogen-bond acceptors (Lipinski definition) is 5. The molecule has 5 nitrogen and oxygen atoms in total. The molecule has 0 aliphatic carbocycles. The SMILES string of the molecule is CCOC(=O)CC(=O)CSCC(=O)N1CCCC1. The maximum absolute atomic E-state index is 11.7. The fourth-order valence-corrected chi connectivity index (χ4v) is 2.52. The first kappa shape index (κ1) is 15.0. The molecule has 102 valence electrons. The molecule has 0 saturated carbocycles. The summed E-state index contributed by atoms with van der Waals surface area (Å²) in [5.74, 6) is -0.0875. The molecule has 18 heavy (non-hydrogen) atoms. The minimum Gasteiger partial charge on any atom is -0.466 e. The van der Waals surface area contributed by atoms with E-state index in [1.165, 1.54) is 11.8 Å². The topological polar surface area (TPSA) is 63.7 Å². The molecule has 0 atom stereocenters. The smallest absolute Gasteiger partial charge is 0.313 e. The lowest BCUT2D eigenvalue weighted by Gasteiger charge is -2.14. The van der Waals surface area contributed by atoms with E-state index < -0.39 is 5.97 Å². The Morgan fingerprint density at radius 2 is 1.83 bits per heavy atom. The molecule has 1 saturated heterocycles. The van der Waals surface area contributed by atoms with Crippen molar-refractivity contribution in [2.45, 2.75) is 26.2 Å². The summed E-state index contributed by atoms with van der Waals surface area (Å²) < 4.78 is 4.68. The zero-order valence-corrected chi connectivity index (χ0v) is 11.5. The Morgan fingerprint density at radius 1 is 1.17 bits per heavy atom. The molecule has 1 aliphatic heterocycles. The van der Waals surface area contributed by atoms with Gasteiger partial charge < -0.3 is 9.64 Å². The lowest BCUT2D eigenvalue weighted by atomic mass is 10.3. The maximum atomic E-state index is 11.7. The molecule has 0 aromatic heterocycles. The van der Waals surface area contributed by atoms with Crippen LogP contribution in [0.15, 0.2) is 0 Å². The first-order valence-electron chi connectivity index (χ1n) is 6.16. The molecule has 1 heterocycles. The Hall–Kier alpha value is -1.04. The van der Waals surface area contributed by atoms with Crippen molar-refractivity contribution in [3.63, 3.8) is 0 Å². The van der Waals surface area contributed by atoms with Gasteiger partial charge in [0.05, 0.1) is 18.1 Å². The zero-order chi connectivity index (χ0) is 13.4. The second kappa shape index (κ2) is 8.13. The van der Waals surface area contributed by atoms with E-state index in [2.05, 4.69) is 4.74 Å². The van der Waals surface area contributed by atoms with Crippen molar-refractivity contribution >= 4 is 29.4 Å². The summed E-state index contributed by atoms with van der Waals surface area (Å²) in [4.78, 5) is 35.9. The lowest BCUT2D eigenvalue weighted by molar-refractivity contribution is -0.145. The van der Waals surface area contributed by atoms with Gasteiger partial charge in [-0.15, -0.1) is 11.8 Å². The van der Waals surface area contributed by atoms with Crippen LogP contribution in [0.25, 0.3) is 0 Å². The number of thioether (sulfide) groups is 1. The van der Waals surface area contributed by atoms with Gasteiger partial charge in [0.25, 0.3) is 0 Å². The van der Waals surface area contributed by atoms with Gasteiger partial charge in [-0.1, -0.05) is 0 Å². The summed E-state index contributed by atoms with van der Waals surface area (Å²) in [6.45, 7) is 3.64. The summed E-state index contributed by atoms with van der Waals surface area (Å²) in [6, 6.07) is 0. The largest absolute Gasteiger partial charge is 0.466 e. The Labute approximate surface area is 111 Å². The van der Waals surface area contributed by atoms with E-state index >= 15 is 0 Å². The van der Waals surface area contributed by atoms with Crippen LogP contribution in [0.4, 0.5) is 0 Å². The van der Waals surface area contributed by atoms with Gasteiger partial charge >= 0.3 is 5.97 Å². The number of likely N-dealkylation sites (tertiary alicyclic amines) is 1. The molecular weight excluding hydrogens is 254 g/mol. The van der Waals surface area contributed by atoms with E-state index in [0.717, 1.165) is 25.9 Å². The first-order chi connectivity index (χ1) is 8.63. The number of carbonyl (C=O) groups is 3.